The van der Waals surface area contributed by atoms with Crippen LogP contribution in [0.5, 0.6) is 0 Å². The van der Waals surface area contributed by atoms with Crippen LogP contribution in [0.15, 0.2) is 18.2 Å². The van der Waals surface area contributed by atoms with Crippen LogP contribution in [0.25, 0.3) is 0 Å². The lowest BCUT2D eigenvalue weighted by molar-refractivity contribution is 0.203. The molecule has 3 heteroatoms. The van der Waals surface area contributed by atoms with Gasteiger partial charge in [0, 0.05) is 7.05 Å². The first kappa shape index (κ1) is 15.5. The van der Waals surface area contributed by atoms with Crippen molar-refractivity contribution in [3.63, 3.8) is 0 Å². The molecule has 0 bridgehead atoms. The van der Waals surface area contributed by atoms with Gasteiger partial charge < -0.3 is 5.11 Å². The Kier molecular flexibility index (Phi) is 5.40. The van der Waals surface area contributed by atoms with Gasteiger partial charge in [-0.05, 0) is 35.8 Å². The fourth-order valence-electron chi connectivity index (χ4n) is 2.30. The fraction of sp³-hybridized carbons (Fsp3) is 0.562. The average Bonchev–Trinajstić information content (AvgIpc) is 2.43. The van der Waals surface area contributed by atoms with Crippen molar-refractivity contribution in [2.45, 2.75) is 52.4 Å². The second-order valence-electron chi connectivity index (χ2n) is 5.25. The molecule has 1 amide bonds. The minimum atomic E-state index is -0.902. The van der Waals surface area contributed by atoms with Gasteiger partial charge in [0.2, 0.25) is 0 Å². The highest BCUT2D eigenvalue weighted by molar-refractivity contribution is 5.88. The van der Waals surface area contributed by atoms with Gasteiger partial charge in [0.15, 0.2) is 0 Å². The molecule has 1 aromatic carbocycles. The molecule has 0 aliphatic heterocycles. The molecule has 2 unspecified atom stereocenters. The van der Waals surface area contributed by atoms with Crippen molar-refractivity contribution >= 4 is 11.8 Å². The SMILES string of the molecule is CCC(C)c1cccc(C(C)CC)c1N(C)C(=O)O. The van der Waals surface area contributed by atoms with Crippen LogP contribution >= 0.6 is 0 Å². The lowest BCUT2D eigenvalue weighted by Gasteiger charge is -2.26. The summed E-state index contributed by atoms with van der Waals surface area (Å²) in [6, 6.07) is 6.14. The predicted octanol–water partition coefficient (Wildman–Crippen LogP) is 4.83. The second kappa shape index (κ2) is 6.60. The number of carboxylic acid groups (broad SMARTS) is 1. The Bertz CT molecular complexity index is 414. The van der Waals surface area contributed by atoms with Crippen molar-refractivity contribution in [3.05, 3.63) is 29.3 Å². The zero-order valence-corrected chi connectivity index (χ0v) is 12.6. The highest BCUT2D eigenvalue weighted by Crippen LogP contribution is 2.36. The third-order valence-electron chi connectivity index (χ3n) is 4.01. The van der Waals surface area contributed by atoms with Gasteiger partial charge >= 0.3 is 6.09 Å². The maximum Gasteiger partial charge on any atom is 0.411 e. The summed E-state index contributed by atoms with van der Waals surface area (Å²) < 4.78 is 0. The zero-order valence-electron chi connectivity index (χ0n) is 12.6. The standard InChI is InChI=1S/C16H25NO2/c1-6-11(3)13-9-8-10-14(12(4)7-2)15(13)17(5)16(18)19/h8-12H,6-7H2,1-5H3,(H,18,19). The van der Waals surface area contributed by atoms with Gasteiger partial charge in [-0.3, -0.25) is 4.90 Å². The van der Waals surface area contributed by atoms with Gasteiger partial charge in [-0.15, -0.1) is 0 Å². The van der Waals surface area contributed by atoms with Gasteiger partial charge in [-0.25, -0.2) is 4.79 Å². The molecule has 0 heterocycles. The summed E-state index contributed by atoms with van der Waals surface area (Å²) in [6.07, 6.45) is 1.11. The maximum atomic E-state index is 11.4. The van der Waals surface area contributed by atoms with Crippen molar-refractivity contribution in [1.82, 2.24) is 0 Å². The Morgan fingerprint density at radius 1 is 1.16 bits per heavy atom. The number of nitrogens with zero attached hydrogens (tertiary/aromatic N) is 1. The number of hydrogen-bond donors (Lipinski definition) is 1. The van der Waals surface area contributed by atoms with Gasteiger partial charge in [-0.1, -0.05) is 45.9 Å². The number of anilines is 1. The lowest BCUT2D eigenvalue weighted by atomic mass is 9.88. The van der Waals surface area contributed by atoms with E-state index < -0.39 is 6.09 Å². The molecule has 3 nitrogen and oxygen atoms in total. The Morgan fingerprint density at radius 3 is 1.89 bits per heavy atom. The molecule has 0 aliphatic rings. The first-order valence-electron chi connectivity index (χ1n) is 7.03. The largest absolute Gasteiger partial charge is 0.465 e. The molecular formula is C16H25NO2. The maximum absolute atomic E-state index is 11.4. The Labute approximate surface area is 116 Å². The molecule has 0 aliphatic carbocycles. The predicted molar refractivity (Wildman–Crippen MR) is 80.3 cm³/mol. The Morgan fingerprint density at radius 2 is 1.58 bits per heavy atom. The van der Waals surface area contributed by atoms with E-state index in [4.69, 9.17) is 0 Å². The van der Waals surface area contributed by atoms with Gasteiger partial charge in [-0.2, -0.15) is 0 Å². The van der Waals surface area contributed by atoms with E-state index in [1.807, 2.05) is 6.07 Å². The number of hydrogen-bond acceptors (Lipinski definition) is 1. The molecule has 1 rings (SSSR count). The molecule has 0 saturated heterocycles. The molecule has 2 atom stereocenters. The molecule has 0 fully saturated rings. The minimum Gasteiger partial charge on any atom is -0.465 e. The average molecular weight is 263 g/mol. The van der Waals surface area contributed by atoms with Crippen molar-refractivity contribution in [3.8, 4) is 0 Å². The van der Waals surface area contributed by atoms with Crippen LogP contribution in [-0.2, 0) is 0 Å². The van der Waals surface area contributed by atoms with Crippen molar-refractivity contribution < 1.29 is 9.90 Å². The summed E-state index contributed by atoms with van der Waals surface area (Å²) in [5.74, 6) is 0.724. The summed E-state index contributed by atoms with van der Waals surface area (Å²) in [4.78, 5) is 12.7. The molecule has 1 aromatic rings. The van der Waals surface area contributed by atoms with E-state index in [2.05, 4.69) is 39.8 Å². The van der Waals surface area contributed by atoms with Crippen LogP contribution < -0.4 is 4.90 Å². The lowest BCUT2D eigenvalue weighted by Crippen LogP contribution is -2.27. The summed E-state index contributed by atoms with van der Waals surface area (Å²) in [5, 5.41) is 9.32. The van der Waals surface area contributed by atoms with Crippen molar-refractivity contribution in [2.75, 3.05) is 11.9 Å². The second-order valence-corrected chi connectivity index (χ2v) is 5.25. The minimum absolute atomic E-state index is 0.362. The van der Waals surface area contributed by atoms with Crippen LogP contribution in [0.4, 0.5) is 10.5 Å². The van der Waals surface area contributed by atoms with Crippen LogP contribution in [0.1, 0.15) is 63.5 Å². The molecule has 106 valence electrons. The molecular weight excluding hydrogens is 238 g/mol. The molecule has 0 saturated carbocycles. The third kappa shape index (κ3) is 3.28. The first-order chi connectivity index (χ1) is 8.93. The smallest absolute Gasteiger partial charge is 0.411 e. The number of para-hydroxylation sites is 1. The van der Waals surface area contributed by atoms with E-state index in [9.17, 15) is 9.90 Å². The topological polar surface area (TPSA) is 40.5 Å². The summed E-state index contributed by atoms with van der Waals surface area (Å²) in [7, 11) is 1.63. The normalized spacial score (nSPS) is 13.9. The number of benzene rings is 1. The van der Waals surface area contributed by atoms with E-state index in [-0.39, 0.29) is 0 Å². The van der Waals surface area contributed by atoms with E-state index in [1.54, 1.807) is 7.05 Å². The van der Waals surface area contributed by atoms with Crippen molar-refractivity contribution in [2.24, 2.45) is 0 Å². The van der Waals surface area contributed by atoms with E-state index in [1.165, 1.54) is 4.90 Å². The van der Waals surface area contributed by atoms with Crippen LogP contribution in [0.3, 0.4) is 0 Å². The zero-order chi connectivity index (χ0) is 14.6. The molecule has 1 N–H and O–H groups in total. The molecule has 0 aromatic heterocycles. The van der Waals surface area contributed by atoms with Gasteiger partial charge in [0.05, 0.1) is 5.69 Å². The van der Waals surface area contributed by atoms with Gasteiger partial charge in [0.25, 0.3) is 0 Å². The van der Waals surface area contributed by atoms with Crippen LogP contribution in [-0.4, -0.2) is 18.2 Å². The molecule has 19 heavy (non-hydrogen) atoms. The van der Waals surface area contributed by atoms with E-state index in [0.29, 0.717) is 11.8 Å². The van der Waals surface area contributed by atoms with Crippen molar-refractivity contribution in [1.29, 1.82) is 0 Å². The number of amides is 1. The molecule has 0 spiro atoms. The quantitative estimate of drug-likeness (QED) is 0.826. The monoisotopic (exact) mass is 263 g/mol. The molecule has 0 radical (unpaired) electrons. The fourth-order valence-corrected chi connectivity index (χ4v) is 2.30. The highest BCUT2D eigenvalue weighted by atomic mass is 16.4. The highest BCUT2D eigenvalue weighted by Gasteiger charge is 2.22. The number of carbonyl (C=O) groups is 1. The number of rotatable bonds is 5. The Balaban J connectivity index is 3.44. The summed E-state index contributed by atoms with van der Waals surface area (Å²) >= 11 is 0. The third-order valence-corrected chi connectivity index (χ3v) is 4.01. The van der Waals surface area contributed by atoms with Crippen LogP contribution in [0, 0.1) is 0 Å². The van der Waals surface area contributed by atoms with E-state index >= 15 is 0 Å². The summed E-state index contributed by atoms with van der Waals surface area (Å²) in [5.41, 5.74) is 3.13. The van der Waals surface area contributed by atoms with E-state index in [0.717, 1.165) is 29.7 Å². The van der Waals surface area contributed by atoms with Crippen LogP contribution in [0.2, 0.25) is 0 Å². The van der Waals surface area contributed by atoms with Gasteiger partial charge in [0.1, 0.15) is 0 Å². The Hall–Kier alpha value is -1.51. The first-order valence-corrected chi connectivity index (χ1v) is 7.03. The summed E-state index contributed by atoms with van der Waals surface area (Å²) in [6.45, 7) is 8.56.